The highest BCUT2D eigenvalue weighted by atomic mass is 19.4. The van der Waals surface area contributed by atoms with Gasteiger partial charge in [0.05, 0.1) is 18.0 Å². The minimum atomic E-state index is -4.58. The summed E-state index contributed by atoms with van der Waals surface area (Å²) in [7, 11) is -1.96. The van der Waals surface area contributed by atoms with E-state index >= 15 is 0 Å². The second kappa shape index (κ2) is 15.4. The Hall–Kier alpha value is -3.57. The first-order chi connectivity index (χ1) is 19.3. The Kier molecular flexibility index (Phi) is 12.7. The van der Waals surface area contributed by atoms with E-state index in [1.807, 2.05) is 0 Å². The number of rotatable bonds is 14. The van der Waals surface area contributed by atoms with Crippen LogP contribution < -0.4 is 33.3 Å². The Morgan fingerprint density at radius 2 is 1.56 bits per heavy atom. The van der Waals surface area contributed by atoms with Crippen LogP contribution in [0, 0.1) is 0 Å². The van der Waals surface area contributed by atoms with E-state index in [2.05, 4.69) is 10.6 Å². The monoisotopic (exact) mass is 584 g/mol. The van der Waals surface area contributed by atoms with Crippen molar-refractivity contribution in [2.24, 2.45) is 17.2 Å². The zero-order valence-corrected chi connectivity index (χ0v) is 22.0. The lowest BCUT2D eigenvalue weighted by atomic mass is 9.79. The Morgan fingerprint density at radius 3 is 2.07 bits per heavy atom. The molecular weight excluding hydrogens is 551 g/mol. The molecule has 224 valence electrons. The molecule has 2 rings (SSSR count). The van der Waals surface area contributed by atoms with E-state index in [-0.39, 0.29) is 54.9 Å². The average molecular weight is 584 g/mol. The van der Waals surface area contributed by atoms with E-state index < -0.39 is 61.8 Å². The Morgan fingerprint density at radius 1 is 0.951 bits per heavy atom. The third-order valence-corrected chi connectivity index (χ3v) is 5.97. The summed E-state index contributed by atoms with van der Waals surface area (Å²) in [6, 6.07) is 4.70. The minimum Gasteiger partial charge on any atom is -0.423 e. The molecule has 2 aromatic rings. The standard InChI is InChI=1S/C25H33BF4N6O5/c27-14-16-9-18(26(40)41)12-19(10-16)34-24(39)21(11-15-1-3-17(4-2-15)25(28,29)30)35-23(38)20(33)13-22(37)36(7-5-31)8-6-32/h1-4,9-10,12,20-21,40-41H,5-8,11,13-14,31-33H2,(H,34,39)(H,35,38)/t20-,21+/m0/s1. The van der Waals surface area contributed by atoms with Crippen LogP contribution in [0.25, 0.3) is 0 Å². The van der Waals surface area contributed by atoms with Gasteiger partial charge in [0.25, 0.3) is 0 Å². The average Bonchev–Trinajstić information content (AvgIpc) is 2.91. The van der Waals surface area contributed by atoms with Crippen molar-refractivity contribution in [1.29, 1.82) is 0 Å². The molecule has 41 heavy (non-hydrogen) atoms. The number of hydrogen-bond acceptors (Lipinski definition) is 8. The van der Waals surface area contributed by atoms with E-state index in [1.165, 1.54) is 23.1 Å². The molecule has 2 atom stereocenters. The lowest BCUT2D eigenvalue weighted by molar-refractivity contribution is -0.137. The maximum absolute atomic E-state index is 13.3. The van der Waals surface area contributed by atoms with E-state index in [0.717, 1.165) is 24.3 Å². The molecule has 10 N–H and O–H groups in total. The Labute approximate surface area is 234 Å². The number of carbonyl (C=O) groups is 3. The van der Waals surface area contributed by atoms with Crippen molar-refractivity contribution in [2.75, 3.05) is 31.5 Å². The van der Waals surface area contributed by atoms with Gasteiger partial charge in [-0.3, -0.25) is 14.4 Å². The van der Waals surface area contributed by atoms with Gasteiger partial charge in [0, 0.05) is 38.3 Å². The lowest BCUT2D eigenvalue weighted by Crippen LogP contribution is -2.52. The van der Waals surface area contributed by atoms with Crippen molar-refractivity contribution in [3.05, 3.63) is 59.2 Å². The molecule has 0 fully saturated rings. The first kappa shape index (κ1) is 33.6. The zero-order chi connectivity index (χ0) is 30.7. The number of nitrogens with two attached hydrogens (primary N) is 3. The van der Waals surface area contributed by atoms with Gasteiger partial charge in [0.2, 0.25) is 17.7 Å². The highest BCUT2D eigenvalue weighted by Gasteiger charge is 2.31. The summed E-state index contributed by atoms with van der Waals surface area (Å²) in [6.45, 7) is -0.302. The number of benzene rings is 2. The second-order valence-electron chi connectivity index (χ2n) is 9.19. The number of amides is 3. The molecule has 0 aliphatic heterocycles. The molecule has 11 nitrogen and oxygen atoms in total. The van der Waals surface area contributed by atoms with Gasteiger partial charge in [-0.15, -0.1) is 0 Å². The molecule has 3 amide bonds. The van der Waals surface area contributed by atoms with Gasteiger partial charge in [0.1, 0.15) is 12.7 Å². The molecule has 0 spiro atoms. The van der Waals surface area contributed by atoms with Crippen molar-refractivity contribution >= 4 is 36.0 Å². The van der Waals surface area contributed by atoms with Crippen molar-refractivity contribution < 1.29 is 42.0 Å². The Bertz CT molecular complexity index is 1180. The molecular formula is C25H33BF4N6O5. The molecule has 0 aromatic heterocycles. The van der Waals surface area contributed by atoms with Crippen LogP contribution in [0.3, 0.4) is 0 Å². The van der Waals surface area contributed by atoms with Gasteiger partial charge in [-0.2, -0.15) is 13.2 Å². The summed E-state index contributed by atoms with van der Waals surface area (Å²) >= 11 is 0. The molecule has 0 aliphatic rings. The molecule has 0 saturated heterocycles. The smallest absolute Gasteiger partial charge is 0.423 e. The number of nitrogens with zero attached hydrogens (tertiary/aromatic N) is 1. The first-order valence-corrected chi connectivity index (χ1v) is 12.6. The maximum atomic E-state index is 13.3. The van der Waals surface area contributed by atoms with Crippen molar-refractivity contribution in [3.63, 3.8) is 0 Å². The van der Waals surface area contributed by atoms with Gasteiger partial charge in [-0.25, -0.2) is 4.39 Å². The molecule has 16 heteroatoms. The SMILES string of the molecule is NCCN(CCN)C(=O)C[C@H](N)C(=O)N[C@H](Cc1ccc(C(F)(F)F)cc1)C(=O)Nc1cc(CF)cc(B(O)O)c1. The van der Waals surface area contributed by atoms with Crippen LogP contribution >= 0.6 is 0 Å². The molecule has 0 unspecified atom stereocenters. The third kappa shape index (κ3) is 10.4. The van der Waals surface area contributed by atoms with Crippen LogP contribution in [-0.2, 0) is 33.7 Å². The zero-order valence-electron chi connectivity index (χ0n) is 22.0. The van der Waals surface area contributed by atoms with E-state index in [4.69, 9.17) is 17.2 Å². The maximum Gasteiger partial charge on any atom is 0.488 e. The topological polar surface area (TPSA) is 197 Å². The number of hydrogen-bond donors (Lipinski definition) is 7. The van der Waals surface area contributed by atoms with Gasteiger partial charge in [-0.1, -0.05) is 18.2 Å². The molecule has 0 aliphatic carbocycles. The number of nitrogens with one attached hydrogen (secondary N) is 2. The fourth-order valence-electron chi connectivity index (χ4n) is 3.88. The number of halogens is 4. The summed E-state index contributed by atoms with van der Waals surface area (Å²) in [5.74, 6) is -2.25. The van der Waals surface area contributed by atoms with Crippen molar-refractivity contribution in [2.45, 2.75) is 37.8 Å². The van der Waals surface area contributed by atoms with E-state index in [1.54, 1.807) is 0 Å². The highest BCUT2D eigenvalue weighted by Crippen LogP contribution is 2.29. The van der Waals surface area contributed by atoms with Gasteiger partial charge in [-0.05, 0) is 40.9 Å². The van der Waals surface area contributed by atoms with Crippen molar-refractivity contribution in [1.82, 2.24) is 10.2 Å². The molecule has 0 heterocycles. The van der Waals surface area contributed by atoms with Crippen LogP contribution in [0.2, 0.25) is 0 Å². The quantitative estimate of drug-likeness (QED) is 0.108. The minimum absolute atomic E-state index is 0.0225. The van der Waals surface area contributed by atoms with Gasteiger partial charge in [0.15, 0.2) is 0 Å². The van der Waals surface area contributed by atoms with Crippen LogP contribution in [0.15, 0.2) is 42.5 Å². The highest BCUT2D eigenvalue weighted by molar-refractivity contribution is 6.58. The molecule has 0 saturated carbocycles. The summed E-state index contributed by atoms with van der Waals surface area (Å²) < 4.78 is 52.2. The number of alkyl halides is 4. The molecule has 2 aromatic carbocycles. The van der Waals surface area contributed by atoms with E-state index in [0.29, 0.717) is 0 Å². The summed E-state index contributed by atoms with van der Waals surface area (Å²) in [5.41, 5.74) is 16.1. The molecule has 0 bridgehead atoms. The predicted octanol–water partition coefficient (Wildman–Crippen LogP) is -1.02. The van der Waals surface area contributed by atoms with Crippen LogP contribution in [0.1, 0.15) is 23.1 Å². The Balaban J connectivity index is 2.28. The van der Waals surface area contributed by atoms with Crippen LogP contribution in [0.4, 0.5) is 23.2 Å². The van der Waals surface area contributed by atoms with E-state index in [9.17, 15) is 42.0 Å². The largest absolute Gasteiger partial charge is 0.488 e. The third-order valence-electron chi connectivity index (χ3n) is 5.97. The van der Waals surface area contributed by atoms with Crippen molar-refractivity contribution in [3.8, 4) is 0 Å². The van der Waals surface area contributed by atoms with Gasteiger partial charge >= 0.3 is 13.3 Å². The summed E-state index contributed by atoms with van der Waals surface area (Å²) in [4.78, 5) is 40.0. The fraction of sp³-hybridized carbons (Fsp3) is 0.400. The van der Waals surface area contributed by atoms with Gasteiger partial charge < -0.3 is 42.8 Å². The van der Waals surface area contributed by atoms with Crippen LogP contribution in [0.5, 0.6) is 0 Å². The second-order valence-corrected chi connectivity index (χ2v) is 9.19. The number of anilines is 1. The predicted molar refractivity (Wildman–Crippen MR) is 144 cm³/mol. The lowest BCUT2D eigenvalue weighted by Gasteiger charge is -2.24. The van der Waals surface area contributed by atoms with Crippen LogP contribution in [-0.4, -0.2) is 78.1 Å². The normalized spacial score (nSPS) is 12.8. The summed E-state index contributed by atoms with van der Waals surface area (Å²) in [6.07, 6.45) is -5.29. The number of carbonyl (C=O) groups excluding carboxylic acids is 3. The first-order valence-electron chi connectivity index (χ1n) is 12.6. The fourth-order valence-corrected chi connectivity index (χ4v) is 3.88. The molecule has 0 radical (unpaired) electrons. The summed E-state index contributed by atoms with van der Waals surface area (Å²) in [5, 5.41) is 23.8.